The lowest BCUT2D eigenvalue weighted by atomic mass is 9.93. The van der Waals surface area contributed by atoms with E-state index in [0.29, 0.717) is 0 Å². The number of aliphatic hydroxyl groups excluding tert-OH is 15. The van der Waals surface area contributed by atoms with Crippen molar-refractivity contribution < 1.29 is 129 Å². The van der Waals surface area contributed by atoms with Crippen LogP contribution in [0.2, 0.25) is 0 Å². The summed E-state index contributed by atoms with van der Waals surface area (Å²) >= 11 is 0. The molecule has 360 valence electrons. The van der Waals surface area contributed by atoms with Gasteiger partial charge in [0.25, 0.3) is 0 Å². The van der Waals surface area contributed by atoms with Crippen LogP contribution in [0.25, 0.3) is 0 Å². The summed E-state index contributed by atoms with van der Waals surface area (Å²) in [5.74, 6) is -1.62. The number of ether oxygens (including phenoxy) is 9. The van der Waals surface area contributed by atoms with E-state index in [2.05, 4.69) is 10.6 Å². The molecule has 5 aliphatic heterocycles. The summed E-state index contributed by atoms with van der Waals surface area (Å²) in [6.07, 6.45) is -42.1. The van der Waals surface area contributed by atoms with E-state index in [-0.39, 0.29) is 0 Å². The zero-order valence-electron chi connectivity index (χ0n) is 33.2. The number of nitrogens with one attached hydrogen (secondary N) is 2. The van der Waals surface area contributed by atoms with Crippen molar-refractivity contribution in [3.05, 3.63) is 0 Å². The van der Waals surface area contributed by atoms with Gasteiger partial charge in [0.2, 0.25) is 11.8 Å². The number of carbonyl (C=O) groups excluding carboxylic acids is 2. The Kier molecular flexibility index (Phi) is 18.1. The van der Waals surface area contributed by atoms with E-state index < -0.39 is 198 Å². The van der Waals surface area contributed by atoms with Crippen molar-refractivity contribution in [2.45, 2.75) is 167 Å². The Morgan fingerprint density at radius 3 is 1.32 bits per heavy atom. The molecule has 17 N–H and O–H groups in total. The average molecular weight is 911 g/mol. The minimum Gasteiger partial charge on any atom is -0.394 e. The first-order valence-electron chi connectivity index (χ1n) is 19.6. The maximum absolute atomic E-state index is 12.5. The lowest BCUT2D eigenvalue weighted by molar-refractivity contribution is -0.380. The van der Waals surface area contributed by atoms with Gasteiger partial charge < -0.3 is 130 Å². The molecule has 2 amide bonds. The van der Waals surface area contributed by atoms with E-state index in [1.807, 2.05) is 0 Å². The third-order valence-corrected chi connectivity index (χ3v) is 11.1. The predicted molar refractivity (Wildman–Crippen MR) is 190 cm³/mol. The van der Waals surface area contributed by atoms with Crippen LogP contribution in [0.5, 0.6) is 0 Å². The number of hydrogen-bond donors (Lipinski definition) is 17. The average Bonchev–Trinajstić information content (AvgIpc) is 3.23. The fourth-order valence-electron chi connectivity index (χ4n) is 7.83. The molecule has 0 bridgehead atoms. The normalized spacial score (nSPS) is 49.0. The van der Waals surface area contributed by atoms with Gasteiger partial charge in [-0.15, -0.1) is 0 Å². The van der Waals surface area contributed by atoms with Crippen LogP contribution in [0.4, 0.5) is 0 Å². The Balaban J connectivity index is 1.40. The third kappa shape index (κ3) is 10.8. The van der Waals surface area contributed by atoms with E-state index in [1.54, 1.807) is 0 Å². The zero-order chi connectivity index (χ0) is 45.9. The molecule has 28 heteroatoms. The maximum Gasteiger partial charge on any atom is 0.217 e. The number of carbonyl (C=O) groups is 2. The molecule has 0 aliphatic carbocycles. The SMILES string of the molecule is CC(=O)N[C@H]1[C@H](O[C@@H]2[C@H](O)[C@H](O[C@H]3[C@H](O)[C@@H](O)[C@H](O)O[C@@H]3CO)O[C@H](CO)[C@H]2O)O[C@H](CO)[C@@H](O[C@@H]2O[C@H](CO)[C@H](O)[C@H](O[C@H]3O[C@H](CO)[C@H](O)[C@H](O)[C@H]3O)[C@H]2NC(C)=O)[C@@H]1O. The molecule has 25 atom stereocenters. The minimum atomic E-state index is -2.10. The van der Waals surface area contributed by atoms with Crippen LogP contribution >= 0.6 is 0 Å². The second kappa shape index (κ2) is 22.0. The molecule has 0 aromatic heterocycles. The second-order valence-electron chi connectivity index (χ2n) is 15.4. The molecule has 0 aromatic carbocycles. The number of hydrogen-bond acceptors (Lipinski definition) is 26. The zero-order valence-corrected chi connectivity index (χ0v) is 33.2. The molecule has 62 heavy (non-hydrogen) atoms. The Labute approximate surface area is 351 Å². The van der Waals surface area contributed by atoms with Crippen molar-refractivity contribution in [2.75, 3.05) is 33.0 Å². The highest BCUT2D eigenvalue weighted by atomic mass is 16.8. The van der Waals surface area contributed by atoms with Gasteiger partial charge in [-0.05, 0) is 0 Å². The first-order valence-corrected chi connectivity index (χ1v) is 19.6. The summed E-state index contributed by atoms with van der Waals surface area (Å²) in [6, 6.07) is -3.39. The Bertz CT molecular complexity index is 1440. The van der Waals surface area contributed by atoms with Gasteiger partial charge in [0.05, 0.1) is 33.0 Å². The number of amides is 2. The number of aliphatic hydroxyl groups is 15. The van der Waals surface area contributed by atoms with Gasteiger partial charge in [-0.1, -0.05) is 0 Å². The molecule has 5 saturated heterocycles. The van der Waals surface area contributed by atoms with E-state index >= 15 is 0 Å². The highest BCUT2D eigenvalue weighted by Crippen LogP contribution is 2.36. The van der Waals surface area contributed by atoms with Crippen LogP contribution in [0, 0.1) is 0 Å². The van der Waals surface area contributed by atoms with Crippen LogP contribution in [-0.2, 0) is 52.2 Å². The largest absolute Gasteiger partial charge is 0.394 e. The van der Waals surface area contributed by atoms with E-state index in [9.17, 15) is 86.2 Å². The first-order chi connectivity index (χ1) is 29.3. The van der Waals surface area contributed by atoms with E-state index in [1.165, 1.54) is 0 Å². The molecule has 0 unspecified atom stereocenters. The molecule has 28 nitrogen and oxygen atoms in total. The summed E-state index contributed by atoms with van der Waals surface area (Å²) in [6.45, 7) is -2.56. The molecule has 5 heterocycles. The molecule has 5 rings (SSSR count). The fraction of sp³-hybridized carbons (Fsp3) is 0.941. The van der Waals surface area contributed by atoms with Gasteiger partial charge in [0, 0.05) is 13.8 Å². The molecule has 5 fully saturated rings. The summed E-state index contributed by atoms with van der Waals surface area (Å²) in [7, 11) is 0. The van der Waals surface area contributed by atoms with Crippen molar-refractivity contribution in [1.29, 1.82) is 0 Å². The van der Waals surface area contributed by atoms with Gasteiger partial charge in [-0.25, -0.2) is 0 Å². The highest BCUT2D eigenvalue weighted by molar-refractivity contribution is 5.73. The molecule has 5 aliphatic rings. The van der Waals surface area contributed by atoms with E-state index in [4.69, 9.17) is 42.6 Å². The van der Waals surface area contributed by atoms with Gasteiger partial charge in [0.1, 0.15) is 122 Å². The standard InChI is InChI=1S/C34H58N2O26/c1-8(42)35-15-20(47)26(59-32-16(36-9(2)43)28(18(45)11(4-38)55-32)61-33-24(51)21(48)17(44)10(3-37)56-33)14(7-41)58-31(15)62-29-19(46)12(5-39)57-34(25(29)52)60-27-13(6-40)54-30(53)23(50)22(27)49/h10-34,37-41,44-53H,3-7H2,1-2H3,(H,35,42)(H,36,43)/t10-,11-,12-,13-,14-,15-,16-,17+,18+,19-,20-,21+,22-,23-,24-,25+,26-,27-,28-,29+,30-,31+,32+,33-,34+/m1/s1. The van der Waals surface area contributed by atoms with Gasteiger partial charge >= 0.3 is 0 Å². The topological polar surface area (TPSA) is 445 Å². The molecule has 0 saturated carbocycles. The second-order valence-corrected chi connectivity index (χ2v) is 15.4. The lowest BCUT2D eigenvalue weighted by Gasteiger charge is -2.51. The summed E-state index contributed by atoms with van der Waals surface area (Å²) < 4.78 is 51.0. The van der Waals surface area contributed by atoms with Crippen molar-refractivity contribution in [3.63, 3.8) is 0 Å². The first kappa shape index (κ1) is 51.0. The lowest BCUT2D eigenvalue weighted by Crippen LogP contribution is -2.71. The molecule has 0 aromatic rings. The van der Waals surface area contributed by atoms with Crippen LogP contribution in [0.3, 0.4) is 0 Å². The highest BCUT2D eigenvalue weighted by Gasteiger charge is 2.57. The predicted octanol–water partition coefficient (Wildman–Crippen LogP) is -11.6. The van der Waals surface area contributed by atoms with Gasteiger partial charge in [-0.2, -0.15) is 0 Å². The molecule has 0 spiro atoms. The van der Waals surface area contributed by atoms with Crippen LogP contribution in [0.1, 0.15) is 13.8 Å². The van der Waals surface area contributed by atoms with Crippen LogP contribution < -0.4 is 10.6 Å². The summed E-state index contributed by atoms with van der Waals surface area (Å²) in [5.41, 5.74) is 0. The Morgan fingerprint density at radius 1 is 0.387 bits per heavy atom. The molecule has 0 radical (unpaired) electrons. The Morgan fingerprint density at radius 2 is 0.774 bits per heavy atom. The minimum absolute atomic E-state index is 0.795. The van der Waals surface area contributed by atoms with Crippen molar-refractivity contribution in [2.24, 2.45) is 0 Å². The summed E-state index contributed by atoms with van der Waals surface area (Å²) in [4.78, 5) is 25.0. The van der Waals surface area contributed by atoms with Crippen LogP contribution in [-0.4, -0.2) is 275 Å². The smallest absolute Gasteiger partial charge is 0.217 e. The van der Waals surface area contributed by atoms with Crippen LogP contribution in [0.15, 0.2) is 0 Å². The monoisotopic (exact) mass is 910 g/mol. The fourth-order valence-corrected chi connectivity index (χ4v) is 7.83. The van der Waals surface area contributed by atoms with Gasteiger partial charge in [0.15, 0.2) is 31.5 Å². The summed E-state index contributed by atoms with van der Waals surface area (Å²) in [5, 5.41) is 162. The molecular weight excluding hydrogens is 852 g/mol. The van der Waals surface area contributed by atoms with Crippen molar-refractivity contribution in [3.8, 4) is 0 Å². The van der Waals surface area contributed by atoms with Gasteiger partial charge in [-0.3, -0.25) is 9.59 Å². The van der Waals surface area contributed by atoms with Crippen molar-refractivity contribution >= 4 is 11.8 Å². The number of rotatable bonds is 15. The third-order valence-electron chi connectivity index (χ3n) is 11.1. The van der Waals surface area contributed by atoms with Crippen molar-refractivity contribution in [1.82, 2.24) is 10.6 Å². The quantitative estimate of drug-likeness (QED) is 0.0725. The molecular formula is C34H58N2O26. The van der Waals surface area contributed by atoms with E-state index in [0.717, 1.165) is 13.8 Å². The maximum atomic E-state index is 12.5. The Hall–Kier alpha value is -2.02.